The molecule has 21 heavy (non-hydrogen) atoms. The van der Waals surface area contributed by atoms with Crippen molar-refractivity contribution in [2.45, 2.75) is 39.2 Å². The number of hydrogen-bond donors (Lipinski definition) is 2. The molecule has 116 valence electrons. The van der Waals surface area contributed by atoms with Crippen molar-refractivity contribution in [3.8, 4) is 0 Å². The van der Waals surface area contributed by atoms with Crippen molar-refractivity contribution in [1.82, 2.24) is 4.90 Å². The van der Waals surface area contributed by atoms with Gasteiger partial charge in [-0.25, -0.2) is 0 Å². The number of nitrogens with zero attached hydrogens (tertiary/aromatic N) is 1. The molecule has 0 spiro atoms. The summed E-state index contributed by atoms with van der Waals surface area (Å²) in [5, 5.41) is 2.92. The van der Waals surface area contributed by atoms with E-state index in [2.05, 4.69) is 5.32 Å². The van der Waals surface area contributed by atoms with E-state index in [-0.39, 0.29) is 11.8 Å². The second kappa shape index (κ2) is 9.13. The lowest BCUT2D eigenvalue weighted by atomic mass is 10.1. The van der Waals surface area contributed by atoms with Crippen molar-refractivity contribution < 1.29 is 9.59 Å². The minimum Gasteiger partial charge on any atom is -0.342 e. The Morgan fingerprint density at radius 1 is 1.19 bits per heavy atom. The van der Waals surface area contributed by atoms with Crippen molar-refractivity contribution in [1.29, 1.82) is 0 Å². The first-order valence-electron chi connectivity index (χ1n) is 7.34. The molecule has 0 aliphatic rings. The largest absolute Gasteiger partial charge is 0.342 e. The second-order valence-electron chi connectivity index (χ2n) is 5.18. The van der Waals surface area contributed by atoms with Gasteiger partial charge in [-0.05, 0) is 31.0 Å². The molecule has 0 bridgehead atoms. The molecule has 1 aromatic carbocycles. The molecule has 0 aromatic heterocycles. The Hall–Kier alpha value is -1.88. The van der Waals surface area contributed by atoms with Gasteiger partial charge in [0.25, 0.3) is 0 Å². The Morgan fingerprint density at radius 2 is 1.90 bits per heavy atom. The average Bonchev–Trinajstić information content (AvgIpc) is 2.45. The highest BCUT2D eigenvalue weighted by Gasteiger charge is 2.09. The van der Waals surface area contributed by atoms with Gasteiger partial charge < -0.3 is 16.0 Å². The Balaban J connectivity index is 2.58. The third-order valence-corrected chi connectivity index (χ3v) is 3.34. The normalized spacial score (nSPS) is 10.2. The third kappa shape index (κ3) is 6.40. The van der Waals surface area contributed by atoms with Crippen molar-refractivity contribution in [2.24, 2.45) is 5.73 Å². The number of unbranched alkanes of at least 4 members (excludes halogenated alkanes) is 2. The summed E-state index contributed by atoms with van der Waals surface area (Å²) in [4.78, 5) is 24.9. The maximum absolute atomic E-state index is 11.9. The maximum Gasteiger partial charge on any atom is 0.224 e. The van der Waals surface area contributed by atoms with Crippen LogP contribution in [-0.2, 0) is 16.1 Å². The minimum atomic E-state index is -0.00193. The zero-order chi connectivity index (χ0) is 15.7. The summed E-state index contributed by atoms with van der Waals surface area (Å²) in [6.45, 7) is 2.68. The Labute approximate surface area is 126 Å². The van der Waals surface area contributed by atoms with Gasteiger partial charge in [-0.2, -0.15) is 0 Å². The lowest BCUT2D eigenvalue weighted by Crippen LogP contribution is -2.24. The number of amides is 2. The van der Waals surface area contributed by atoms with Crippen LogP contribution in [0.4, 0.5) is 5.69 Å². The molecule has 0 radical (unpaired) electrons. The summed E-state index contributed by atoms with van der Waals surface area (Å²) in [5.74, 6) is 0.00265. The summed E-state index contributed by atoms with van der Waals surface area (Å²) >= 11 is 0. The average molecular weight is 291 g/mol. The predicted molar refractivity (Wildman–Crippen MR) is 84.7 cm³/mol. The Kier molecular flexibility index (Phi) is 7.46. The quantitative estimate of drug-likeness (QED) is 0.720. The van der Waals surface area contributed by atoms with Gasteiger partial charge in [-0.3, -0.25) is 9.59 Å². The van der Waals surface area contributed by atoms with Crippen LogP contribution in [0.2, 0.25) is 0 Å². The fourth-order valence-corrected chi connectivity index (χ4v) is 1.97. The molecule has 2 amide bonds. The Bertz CT molecular complexity index is 474. The molecule has 0 aliphatic heterocycles. The van der Waals surface area contributed by atoms with Crippen LogP contribution in [0.25, 0.3) is 0 Å². The van der Waals surface area contributed by atoms with Crippen molar-refractivity contribution in [3.05, 3.63) is 29.8 Å². The van der Waals surface area contributed by atoms with E-state index >= 15 is 0 Å². The van der Waals surface area contributed by atoms with Crippen LogP contribution in [0.5, 0.6) is 0 Å². The van der Waals surface area contributed by atoms with Gasteiger partial charge in [0.15, 0.2) is 0 Å². The number of benzene rings is 1. The summed E-state index contributed by atoms with van der Waals surface area (Å²) in [7, 11) is 1.74. The van der Waals surface area contributed by atoms with Crippen molar-refractivity contribution >= 4 is 17.5 Å². The molecular weight excluding hydrogens is 266 g/mol. The molecule has 5 nitrogen and oxygen atoms in total. The predicted octanol–water partition coefficient (Wildman–Crippen LogP) is 2.12. The molecule has 0 unspecified atom stereocenters. The maximum atomic E-state index is 11.9. The van der Waals surface area contributed by atoms with E-state index in [4.69, 9.17) is 5.73 Å². The molecule has 0 saturated heterocycles. The number of nitrogens with two attached hydrogens (primary N) is 1. The molecule has 5 heteroatoms. The van der Waals surface area contributed by atoms with Crippen molar-refractivity contribution in [3.63, 3.8) is 0 Å². The fourth-order valence-electron chi connectivity index (χ4n) is 1.97. The number of carbonyl (C=O) groups excluding carboxylic acids is 2. The number of nitrogens with one attached hydrogen (secondary N) is 1. The summed E-state index contributed by atoms with van der Waals surface area (Å²) < 4.78 is 0. The van der Waals surface area contributed by atoms with E-state index in [0.717, 1.165) is 30.5 Å². The first-order chi connectivity index (χ1) is 10.0. The van der Waals surface area contributed by atoms with Crippen molar-refractivity contribution in [2.75, 3.05) is 18.9 Å². The van der Waals surface area contributed by atoms with Crippen LogP contribution in [-0.4, -0.2) is 30.3 Å². The number of anilines is 1. The van der Waals surface area contributed by atoms with E-state index in [9.17, 15) is 9.59 Å². The monoisotopic (exact) mass is 291 g/mol. The number of hydrogen-bond acceptors (Lipinski definition) is 3. The molecule has 0 fully saturated rings. The smallest absolute Gasteiger partial charge is 0.224 e. The molecule has 0 saturated carbocycles. The second-order valence-corrected chi connectivity index (χ2v) is 5.18. The van der Waals surface area contributed by atoms with E-state index in [1.54, 1.807) is 11.9 Å². The summed E-state index contributed by atoms with van der Waals surface area (Å²) in [6, 6.07) is 7.56. The lowest BCUT2D eigenvalue weighted by Gasteiger charge is -2.17. The highest BCUT2D eigenvalue weighted by Crippen LogP contribution is 2.17. The highest BCUT2D eigenvalue weighted by molar-refractivity contribution is 5.91. The van der Waals surface area contributed by atoms with Crippen LogP contribution in [0.1, 0.15) is 38.2 Å². The van der Waals surface area contributed by atoms with E-state index in [1.165, 1.54) is 6.92 Å². The highest BCUT2D eigenvalue weighted by atomic mass is 16.2. The molecule has 3 N–H and O–H groups in total. The molecular formula is C16H25N3O2. The molecule has 1 rings (SSSR count). The molecule has 0 aliphatic carbocycles. The fraction of sp³-hybridized carbons (Fsp3) is 0.500. The van der Waals surface area contributed by atoms with Gasteiger partial charge in [-0.15, -0.1) is 0 Å². The van der Waals surface area contributed by atoms with Crippen LogP contribution in [0.3, 0.4) is 0 Å². The first-order valence-corrected chi connectivity index (χ1v) is 7.34. The molecule has 0 heterocycles. The van der Waals surface area contributed by atoms with Crippen LogP contribution >= 0.6 is 0 Å². The number of carbonyl (C=O) groups is 2. The topological polar surface area (TPSA) is 75.4 Å². The van der Waals surface area contributed by atoms with Gasteiger partial charge in [-0.1, -0.05) is 24.6 Å². The van der Waals surface area contributed by atoms with Crippen LogP contribution in [0.15, 0.2) is 24.3 Å². The minimum absolute atomic E-state index is 0.00193. The standard InChI is InChI=1S/C16H25N3O2/c1-13(20)19(2)12-14-8-5-6-9-15(14)18-16(21)10-4-3-7-11-17/h5-6,8-9H,3-4,7,10-12,17H2,1-2H3,(H,18,21). The van der Waals surface area contributed by atoms with E-state index in [1.807, 2.05) is 24.3 Å². The zero-order valence-electron chi connectivity index (χ0n) is 12.9. The molecule has 1 aromatic rings. The summed E-state index contributed by atoms with van der Waals surface area (Å²) in [6.07, 6.45) is 3.27. The van der Waals surface area contributed by atoms with Gasteiger partial charge in [0.05, 0.1) is 0 Å². The summed E-state index contributed by atoms with van der Waals surface area (Å²) in [5.41, 5.74) is 7.14. The zero-order valence-corrected chi connectivity index (χ0v) is 12.9. The van der Waals surface area contributed by atoms with Crippen LogP contribution < -0.4 is 11.1 Å². The first kappa shape index (κ1) is 17.2. The lowest BCUT2D eigenvalue weighted by molar-refractivity contribution is -0.128. The van der Waals surface area contributed by atoms with Gasteiger partial charge in [0.2, 0.25) is 11.8 Å². The number of para-hydroxylation sites is 1. The van der Waals surface area contributed by atoms with Crippen LogP contribution in [0, 0.1) is 0 Å². The van der Waals surface area contributed by atoms with Gasteiger partial charge >= 0.3 is 0 Å². The Morgan fingerprint density at radius 3 is 2.57 bits per heavy atom. The van der Waals surface area contributed by atoms with E-state index in [0.29, 0.717) is 19.5 Å². The van der Waals surface area contributed by atoms with E-state index < -0.39 is 0 Å². The third-order valence-electron chi connectivity index (χ3n) is 3.34. The number of rotatable bonds is 8. The van der Waals surface area contributed by atoms with Gasteiger partial charge in [0, 0.05) is 32.6 Å². The SMILES string of the molecule is CC(=O)N(C)Cc1ccccc1NC(=O)CCCCCN. The molecule has 0 atom stereocenters. The van der Waals surface area contributed by atoms with Gasteiger partial charge in [0.1, 0.15) is 0 Å².